The fraction of sp³-hybridized carbons (Fsp3) is 0.300. The lowest BCUT2D eigenvalue weighted by Crippen LogP contribution is -2.01. The zero-order valence-corrected chi connectivity index (χ0v) is 7.45. The number of carbonyl (C=O) groups excluding carboxylic acids is 1. The highest BCUT2D eigenvalue weighted by Gasteiger charge is 2.02. The van der Waals surface area contributed by atoms with Crippen molar-refractivity contribution >= 4 is 5.97 Å². The number of esters is 1. The second kappa shape index (κ2) is 4.62. The summed E-state index contributed by atoms with van der Waals surface area (Å²) in [5.74, 6) is -0.333. The number of hydrogen-bond acceptors (Lipinski definition) is 2. The Morgan fingerprint density at radius 3 is 2.46 bits per heavy atom. The molecule has 1 aromatic rings. The molecule has 0 saturated carbocycles. The molecule has 1 radical (unpaired) electrons. The Kier molecular flexibility index (Phi) is 3.46. The normalized spacial score (nSPS) is 9.69. The summed E-state index contributed by atoms with van der Waals surface area (Å²) in [5, 5.41) is 10.7. The minimum absolute atomic E-state index is 0.188. The van der Waals surface area contributed by atoms with Crippen molar-refractivity contribution < 1.29 is 14.6 Å². The van der Waals surface area contributed by atoms with Crippen LogP contribution in [0.4, 0.5) is 0 Å². The van der Waals surface area contributed by atoms with Gasteiger partial charge in [-0.1, -0.05) is 24.3 Å². The molecule has 0 heterocycles. The topological polar surface area (TPSA) is 46.2 Å². The average Bonchev–Trinajstić information content (AvgIpc) is 2.15. The molecule has 3 nitrogen and oxygen atoms in total. The van der Waals surface area contributed by atoms with Gasteiger partial charge in [-0.3, -0.25) is 4.79 Å². The van der Waals surface area contributed by atoms with Crippen LogP contribution in [0, 0.1) is 0 Å². The molecule has 0 spiro atoms. The fourth-order valence-electron chi connectivity index (χ4n) is 1.02. The van der Waals surface area contributed by atoms with E-state index in [0.717, 1.165) is 5.56 Å². The van der Waals surface area contributed by atoms with E-state index in [0.29, 0.717) is 5.56 Å². The van der Waals surface area contributed by atoms with Crippen LogP contribution < -0.4 is 0 Å². The van der Waals surface area contributed by atoms with Gasteiger partial charge in [0.2, 0.25) is 0 Å². The highest BCUT2D eigenvalue weighted by atomic mass is 16.5. The van der Waals surface area contributed by atoms with Gasteiger partial charge in [0.25, 0.3) is 0 Å². The molecule has 0 amide bonds. The first-order valence-electron chi connectivity index (χ1n) is 4.02. The summed E-state index contributed by atoms with van der Waals surface area (Å²) in [6.07, 6.45) is 0. The summed E-state index contributed by atoms with van der Waals surface area (Å²) >= 11 is 0. The summed E-state index contributed by atoms with van der Waals surface area (Å²) in [5.41, 5.74) is 1.47. The molecule has 0 aliphatic heterocycles. The molecule has 0 aliphatic carbocycles. The molecule has 0 fully saturated rings. The minimum Gasteiger partial charge on any atom is -0.461 e. The largest absolute Gasteiger partial charge is 0.461 e. The Bertz CT molecular complexity index is 294. The van der Waals surface area contributed by atoms with Gasteiger partial charge in [-0.15, -0.1) is 0 Å². The fourth-order valence-corrected chi connectivity index (χ4v) is 1.02. The van der Waals surface area contributed by atoms with Crippen LogP contribution in [0.1, 0.15) is 18.1 Å². The number of benzene rings is 1. The second-order valence-corrected chi connectivity index (χ2v) is 2.69. The van der Waals surface area contributed by atoms with Crippen LogP contribution in [0.2, 0.25) is 0 Å². The van der Waals surface area contributed by atoms with Crippen LogP contribution >= 0.6 is 0 Å². The van der Waals surface area contributed by atoms with Crippen LogP contribution in [0.25, 0.3) is 0 Å². The van der Waals surface area contributed by atoms with Gasteiger partial charge >= 0.3 is 5.97 Å². The lowest BCUT2D eigenvalue weighted by Gasteiger charge is -2.05. The van der Waals surface area contributed by atoms with Crippen molar-refractivity contribution in [1.82, 2.24) is 0 Å². The van der Waals surface area contributed by atoms with Crippen molar-refractivity contribution in [3.8, 4) is 0 Å². The van der Waals surface area contributed by atoms with E-state index in [-0.39, 0.29) is 19.2 Å². The predicted octanol–water partition coefficient (Wildman–Crippen LogP) is 1.68. The molecular formula is C10H11O3. The third-order valence-corrected chi connectivity index (χ3v) is 1.70. The number of carbonyl (C=O) groups is 1. The first-order valence-corrected chi connectivity index (χ1v) is 4.02. The Morgan fingerprint density at radius 2 is 1.92 bits per heavy atom. The van der Waals surface area contributed by atoms with Crippen LogP contribution in [0.15, 0.2) is 24.3 Å². The number of hydrogen-bond donors (Lipinski definition) is 0. The van der Waals surface area contributed by atoms with Gasteiger partial charge in [0.05, 0.1) is 0 Å². The van der Waals surface area contributed by atoms with E-state index in [9.17, 15) is 9.90 Å². The number of rotatable bonds is 3. The van der Waals surface area contributed by atoms with E-state index in [1.54, 1.807) is 18.2 Å². The molecular weight excluding hydrogens is 168 g/mol. The van der Waals surface area contributed by atoms with Crippen LogP contribution in [-0.4, -0.2) is 5.97 Å². The molecule has 0 atom stereocenters. The van der Waals surface area contributed by atoms with E-state index >= 15 is 0 Å². The van der Waals surface area contributed by atoms with Crippen LogP contribution in [-0.2, 0) is 27.9 Å². The van der Waals surface area contributed by atoms with E-state index < -0.39 is 0 Å². The van der Waals surface area contributed by atoms with Crippen molar-refractivity contribution in [3.05, 3.63) is 35.4 Å². The molecule has 1 rings (SSSR count). The van der Waals surface area contributed by atoms with Crippen molar-refractivity contribution in [2.45, 2.75) is 20.1 Å². The second-order valence-electron chi connectivity index (χ2n) is 2.69. The average molecular weight is 179 g/mol. The maximum Gasteiger partial charge on any atom is 0.302 e. The summed E-state index contributed by atoms with van der Waals surface area (Å²) < 4.78 is 4.79. The van der Waals surface area contributed by atoms with Crippen LogP contribution in [0.3, 0.4) is 0 Å². The highest BCUT2D eigenvalue weighted by molar-refractivity contribution is 5.65. The van der Waals surface area contributed by atoms with Gasteiger partial charge in [-0.2, -0.15) is 0 Å². The maximum atomic E-state index is 10.7. The molecule has 0 N–H and O–H groups in total. The van der Waals surface area contributed by atoms with Crippen molar-refractivity contribution in [2.75, 3.05) is 0 Å². The Hall–Kier alpha value is -1.35. The summed E-state index contributed by atoms with van der Waals surface area (Å²) in [4.78, 5) is 10.5. The van der Waals surface area contributed by atoms with Crippen LogP contribution in [0.5, 0.6) is 0 Å². The maximum absolute atomic E-state index is 10.7. The van der Waals surface area contributed by atoms with Gasteiger partial charge < -0.3 is 4.74 Å². The van der Waals surface area contributed by atoms with Crippen molar-refractivity contribution in [1.29, 1.82) is 0 Å². The molecule has 0 bridgehead atoms. The first-order chi connectivity index (χ1) is 6.24. The van der Waals surface area contributed by atoms with Gasteiger partial charge in [0.15, 0.2) is 0 Å². The lowest BCUT2D eigenvalue weighted by atomic mass is 10.1. The van der Waals surface area contributed by atoms with Crippen molar-refractivity contribution in [3.63, 3.8) is 0 Å². The third-order valence-electron chi connectivity index (χ3n) is 1.70. The van der Waals surface area contributed by atoms with Gasteiger partial charge in [-0.25, -0.2) is 5.11 Å². The molecule has 1 aromatic carbocycles. The van der Waals surface area contributed by atoms with Gasteiger partial charge in [0.1, 0.15) is 13.2 Å². The summed E-state index contributed by atoms with van der Waals surface area (Å²) in [6.45, 7) is 1.25. The highest BCUT2D eigenvalue weighted by Crippen LogP contribution is 2.09. The zero-order valence-electron chi connectivity index (χ0n) is 7.45. The van der Waals surface area contributed by atoms with E-state index in [1.807, 2.05) is 6.07 Å². The molecule has 0 aromatic heterocycles. The Balaban J connectivity index is 2.69. The molecule has 3 heteroatoms. The van der Waals surface area contributed by atoms with E-state index in [2.05, 4.69) is 0 Å². The smallest absolute Gasteiger partial charge is 0.302 e. The first kappa shape index (κ1) is 9.74. The standard InChI is InChI=1S/C10H11O3/c1-8(12)13-7-10-5-3-2-4-9(10)6-11/h2-5H,6-7H2,1H3. The third kappa shape index (κ3) is 2.87. The molecule has 69 valence electrons. The molecule has 0 saturated heterocycles. The summed E-state index contributed by atoms with van der Waals surface area (Å²) in [7, 11) is 0. The quantitative estimate of drug-likeness (QED) is 0.662. The van der Waals surface area contributed by atoms with Crippen molar-refractivity contribution in [2.24, 2.45) is 0 Å². The monoisotopic (exact) mass is 179 g/mol. The van der Waals surface area contributed by atoms with E-state index in [1.165, 1.54) is 6.92 Å². The summed E-state index contributed by atoms with van der Waals surface area (Å²) in [6, 6.07) is 7.14. The Morgan fingerprint density at radius 1 is 1.31 bits per heavy atom. The molecule has 0 aliphatic rings. The predicted molar refractivity (Wildman–Crippen MR) is 46.3 cm³/mol. The zero-order chi connectivity index (χ0) is 9.68. The molecule has 13 heavy (non-hydrogen) atoms. The van der Waals surface area contributed by atoms with Gasteiger partial charge in [-0.05, 0) is 11.1 Å². The Labute approximate surface area is 77.0 Å². The lowest BCUT2D eigenvalue weighted by molar-refractivity contribution is -0.142. The van der Waals surface area contributed by atoms with Gasteiger partial charge in [0, 0.05) is 6.92 Å². The minimum atomic E-state index is -0.333. The molecule has 0 unspecified atom stereocenters. The number of ether oxygens (including phenoxy) is 1. The SMILES string of the molecule is CC(=O)OCc1ccccc1C[O]. The van der Waals surface area contributed by atoms with E-state index in [4.69, 9.17) is 4.74 Å².